The van der Waals surface area contributed by atoms with E-state index in [0.29, 0.717) is 11.5 Å². The molecule has 0 radical (unpaired) electrons. The molecule has 0 aliphatic heterocycles. The Hall–Kier alpha value is -1.78. The van der Waals surface area contributed by atoms with Crippen LogP contribution in [0.1, 0.15) is 0 Å². The third-order valence-corrected chi connectivity index (χ3v) is 2.60. The number of aromatic nitrogens is 2. The van der Waals surface area contributed by atoms with Gasteiger partial charge in [0.15, 0.2) is 0 Å². The lowest BCUT2D eigenvalue weighted by atomic mass is 10.2. The summed E-state index contributed by atoms with van der Waals surface area (Å²) in [5, 5.41) is 0. The Morgan fingerprint density at radius 1 is 1.05 bits per heavy atom. The number of nitrogens with one attached hydrogen (secondary N) is 1. The van der Waals surface area contributed by atoms with Crippen LogP contribution in [0.15, 0.2) is 42.5 Å². The number of nitrogens with zero attached hydrogens (tertiary/aromatic N) is 1. The highest BCUT2D eigenvalue weighted by molar-refractivity contribution is 5.85. The molecule has 0 bridgehead atoms. The number of hydrogen-bond donors (Lipinski definition) is 2. The molecular weight excluding hydrogens is 288 g/mol. The van der Waals surface area contributed by atoms with Crippen molar-refractivity contribution >= 4 is 41.5 Å². The van der Waals surface area contributed by atoms with Crippen molar-refractivity contribution in [2.75, 3.05) is 5.73 Å². The summed E-state index contributed by atoms with van der Waals surface area (Å²) in [4.78, 5) is 7.51. The molecule has 3 rings (SSSR count). The molecule has 0 spiro atoms. The molecule has 1 heterocycles. The first-order chi connectivity index (χ1) is 8.22. The van der Waals surface area contributed by atoms with Gasteiger partial charge < -0.3 is 10.7 Å². The Labute approximate surface area is 121 Å². The number of hydrogen-bond acceptors (Lipinski definition) is 2. The Kier molecular flexibility index (Phi) is 4.75. The normalized spacial score (nSPS) is 9.74. The predicted molar refractivity (Wildman–Crippen MR) is 80.4 cm³/mol. The van der Waals surface area contributed by atoms with Crippen molar-refractivity contribution in [1.29, 1.82) is 0 Å². The van der Waals surface area contributed by atoms with Gasteiger partial charge in [0.2, 0.25) is 0 Å². The number of H-pyrrole nitrogens is 1. The maximum Gasteiger partial charge on any atom is 0.138 e. The summed E-state index contributed by atoms with van der Waals surface area (Å²) < 4.78 is 13.1. The van der Waals surface area contributed by atoms with Gasteiger partial charge in [0.05, 0.1) is 11.0 Å². The van der Waals surface area contributed by atoms with E-state index in [1.165, 1.54) is 12.1 Å². The molecule has 0 saturated carbocycles. The van der Waals surface area contributed by atoms with Gasteiger partial charge in [-0.2, -0.15) is 0 Å². The highest BCUT2D eigenvalue weighted by Gasteiger charge is 2.05. The van der Waals surface area contributed by atoms with Crippen LogP contribution in [0.3, 0.4) is 0 Å². The molecule has 3 aromatic rings. The largest absolute Gasteiger partial charge is 0.399 e. The van der Waals surface area contributed by atoms with E-state index < -0.39 is 0 Å². The quantitative estimate of drug-likeness (QED) is 0.672. The first kappa shape index (κ1) is 15.3. The molecule has 0 atom stereocenters. The molecule has 0 saturated heterocycles. The molecule has 0 fully saturated rings. The zero-order valence-corrected chi connectivity index (χ0v) is 11.4. The van der Waals surface area contributed by atoms with E-state index in [9.17, 15) is 4.39 Å². The fraction of sp³-hybridized carbons (Fsp3) is 0. The summed E-state index contributed by atoms with van der Waals surface area (Å²) in [6, 6.07) is 11.8. The van der Waals surface area contributed by atoms with Crippen LogP contribution in [0.2, 0.25) is 0 Å². The summed E-state index contributed by atoms with van der Waals surface area (Å²) >= 11 is 0. The standard InChI is InChI=1S/C13H10FN3.2ClH/c14-9-3-1-2-8(6-9)13-16-11-5-4-10(15)7-12(11)17-13;;/h1-7H,15H2,(H,16,17);2*1H. The number of anilines is 1. The average Bonchev–Trinajstić information content (AvgIpc) is 2.72. The molecule has 3 nitrogen and oxygen atoms in total. The Morgan fingerprint density at radius 3 is 2.58 bits per heavy atom. The SMILES string of the molecule is Cl.Cl.Nc1ccc2nc(-c3cccc(F)c3)[nH]c2c1. The maximum atomic E-state index is 13.1. The van der Waals surface area contributed by atoms with Gasteiger partial charge in [-0.3, -0.25) is 0 Å². The van der Waals surface area contributed by atoms with Crippen LogP contribution in [0.5, 0.6) is 0 Å². The topological polar surface area (TPSA) is 54.7 Å². The first-order valence-electron chi connectivity index (χ1n) is 5.23. The number of rotatable bonds is 1. The smallest absolute Gasteiger partial charge is 0.138 e. The minimum atomic E-state index is -0.275. The Morgan fingerprint density at radius 2 is 1.84 bits per heavy atom. The second-order valence-electron chi connectivity index (χ2n) is 3.87. The molecule has 3 N–H and O–H groups in total. The minimum Gasteiger partial charge on any atom is -0.399 e. The zero-order chi connectivity index (χ0) is 11.8. The van der Waals surface area contributed by atoms with Crippen LogP contribution in [0.25, 0.3) is 22.4 Å². The van der Waals surface area contributed by atoms with E-state index in [1.54, 1.807) is 12.1 Å². The molecule has 0 aliphatic carbocycles. The summed E-state index contributed by atoms with van der Waals surface area (Å²) in [6.07, 6.45) is 0. The summed E-state index contributed by atoms with van der Waals surface area (Å²) in [5.74, 6) is 0.368. The monoisotopic (exact) mass is 299 g/mol. The van der Waals surface area contributed by atoms with Gasteiger partial charge in [-0.1, -0.05) is 12.1 Å². The lowest BCUT2D eigenvalue weighted by molar-refractivity contribution is 0.628. The van der Waals surface area contributed by atoms with Crippen LogP contribution in [-0.4, -0.2) is 9.97 Å². The van der Waals surface area contributed by atoms with E-state index in [2.05, 4.69) is 9.97 Å². The molecule has 100 valence electrons. The van der Waals surface area contributed by atoms with E-state index >= 15 is 0 Å². The predicted octanol–water partition coefficient (Wildman–Crippen LogP) is 3.79. The van der Waals surface area contributed by atoms with Gasteiger partial charge in [0.25, 0.3) is 0 Å². The lowest BCUT2D eigenvalue weighted by Crippen LogP contribution is -1.82. The van der Waals surface area contributed by atoms with Crippen LogP contribution in [0.4, 0.5) is 10.1 Å². The number of aromatic amines is 1. The number of nitrogen functional groups attached to an aromatic ring is 1. The molecule has 0 aliphatic rings. The third kappa shape index (κ3) is 2.97. The summed E-state index contributed by atoms with van der Waals surface area (Å²) in [7, 11) is 0. The van der Waals surface area contributed by atoms with Gasteiger partial charge >= 0.3 is 0 Å². The van der Waals surface area contributed by atoms with Gasteiger partial charge in [-0.15, -0.1) is 24.8 Å². The van der Waals surface area contributed by atoms with Crippen LogP contribution in [0, 0.1) is 5.82 Å². The van der Waals surface area contributed by atoms with Crippen molar-refractivity contribution in [3.63, 3.8) is 0 Å². The van der Waals surface area contributed by atoms with E-state index in [4.69, 9.17) is 5.73 Å². The molecule has 6 heteroatoms. The number of nitrogens with two attached hydrogens (primary N) is 1. The number of fused-ring (bicyclic) bond motifs is 1. The minimum absolute atomic E-state index is 0. The molecular formula is C13H12Cl2FN3. The maximum absolute atomic E-state index is 13.1. The summed E-state index contributed by atoms with van der Waals surface area (Å²) in [5.41, 5.74) is 8.75. The molecule has 0 amide bonds. The lowest BCUT2D eigenvalue weighted by Gasteiger charge is -1.95. The number of imidazole rings is 1. The summed E-state index contributed by atoms with van der Waals surface area (Å²) in [6.45, 7) is 0. The van der Waals surface area contributed by atoms with Crippen LogP contribution in [-0.2, 0) is 0 Å². The second kappa shape index (κ2) is 5.91. The van der Waals surface area contributed by atoms with Crippen molar-refractivity contribution < 1.29 is 4.39 Å². The Bertz CT molecular complexity index is 697. The van der Waals surface area contributed by atoms with Crippen molar-refractivity contribution in [1.82, 2.24) is 9.97 Å². The second-order valence-corrected chi connectivity index (χ2v) is 3.87. The van der Waals surface area contributed by atoms with Crippen molar-refractivity contribution in [3.05, 3.63) is 48.3 Å². The van der Waals surface area contributed by atoms with Crippen molar-refractivity contribution in [2.24, 2.45) is 0 Å². The molecule has 1 aromatic heterocycles. The van der Waals surface area contributed by atoms with Gasteiger partial charge in [0.1, 0.15) is 11.6 Å². The first-order valence-corrected chi connectivity index (χ1v) is 5.23. The van der Waals surface area contributed by atoms with Gasteiger partial charge in [-0.05, 0) is 30.3 Å². The van der Waals surface area contributed by atoms with Crippen LogP contribution >= 0.6 is 24.8 Å². The number of benzene rings is 2. The van der Waals surface area contributed by atoms with Crippen LogP contribution < -0.4 is 5.73 Å². The van der Waals surface area contributed by atoms with Crippen molar-refractivity contribution in [3.8, 4) is 11.4 Å². The fourth-order valence-corrected chi connectivity index (χ4v) is 1.80. The highest BCUT2D eigenvalue weighted by Crippen LogP contribution is 2.22. The molecule has 0 unspecified atom stereocenters. The average molecular weight is 300 g/mol. The van der Waals surface area contributed by atoms with Gasteiger partial charge in [-0.25, -0.2) is 9.37 Å². The van der Waals surface area contributed by atoms with E-state index in [0.717, 1.165) is 16.6 Å². The number of halogens is 3. The Balaban J connectivity index is 0.000000902. The fourth-order valence-electron chi connectivity index (χ4n) is 1.80. The zero-order valence-electron chi connectivity index (χ0n) is 9.76. The van der Waals surface area contributed by atoms with E-state index in [-0.39, 0.29) is 30.6 Å². The molecule has 19 heavy (non-hydrogen) atoms. The van der Waals surface area contributed by atoms with Crippen molar-refractivity contribution in [2.45, 2.75) is 0 Å². The molecule has 2 aromatic carbocycles. The van der Waals surface area contributed by atoms with E-state index in [1.807, 2.05) is 18.2 Å². The van der Waals surface area contributed by atoms with Gasteiger partial charge in [0, 0.05) is 11.3 Å². The third-order valence-electron chi connectivity index (χ3n) is 2.60. The highest BCUT2D eigenvalue weighted by atomic mass is 35.5.